The molecule has 16 heavy (non-hydrogen) atoms. The van der Waals surface area contributed by atoms with Crippen LogP contribution in [0.1, 0.15) is 59.8 Å². The van der Waals surface area contributed by atoms with Crippen molar-refractivity contribution in [2.75, 3.05) is 13.1 Å². The van der Waals surface area contributed by atoms with Gasteiger partial charge in [0.1, 0.15) is 0 Å². The fraction of sp³-hybridized carbons (Fsp3) is 1.00. The van der Waals surface area contributed by atoms with Crippen LogP contribution < -0.4 is 5.73 Å². The van der Waals surface area contributed by atoms with Crippen molar-refractivity contribution in [3.63, 3.8) is 0 Å². The van der Waals surface area contributed by atoms with Gasteiger partial charge in [-0.2, -0.15) is 0 Å². The van der Waals surface area contributed by atoms with E-state index in [-0.39, 0.29) is 11.5 Å². The summed E-state index contributed by atoms with van der Waals surface area (Å²) in [7, 11) is 0. The molecule has 0 spiro atoms. The van der Waals surface area contributed by atoms with Gasteiger partial charge in [-0.1, -0.05) is 40.0 Å². The summed E-state index contributed by atoms with van der Waals surface area (Å²) in [4.78, 5) is 2.66. The predicted octanol–water partition coefficient (Wildman–Crippen LogP) is 3.01. The standard InChI is InChI=1S/C14H30N2/c1-5-16(11-14(3,4)12(2)15)13-9-7-6-8-10-13/h12-13H,5-11,15H2,1-4H3. The van der Waals surface area contributed by atoms with Gasteiger partial charge >= 0.3 is 0 Å². The van der Waals surface area contributed by atoms with E-state index in [4.69, 9.17) is 5.73 Å². The van der Waals surface area contributed by atoms with Crippen LogP contribution in [0, 0.1) is 5.41 Å². The minimum atomic E-state index is 0.230. The van der Waals surface area contributed by atoms with Crippen molar-refractivity contribution in [3.05, 3.63) is 0 Å². The summed E-state index contributed by atoms with van der Waals surface area (Å²) in [5, 5.41) is 0. The average molecular weight is 226 g/mol. The van der Waals surface area contributed by atoms with Crippen LogP contribution in [0.15, 0.2) is 0 Å². The first-order valence-electron chi connectivity index (χ1n) is 6.97. The van der Waals surface area contributed by atoms with E-state index in [2.05, 4.69) is 32.6 Å². The molecule has 0 aromatic heterocycles. The average Bonchev–Trinajstić information content (AvgIpc) is 2.27. The molecule has 1 aliphatic rings. The maximum Gasteiger partial charge on any atom is 0.00953 e. The molecular weight excluding hydrogens is 196 g/mol. The number of rotatable bonds is 5. The van der Waals surface area contributed by atoms with Crippen LogP contribution >= 0.6 is 0 Å². The molecule has 0 saturated heterocycles. The van der Waals surface area contributed by atoms with E-state index in [0.717, 1.165) is 12.6 Å². The Morgan fingerprint density at radius 2 is 1.81 bits per heavy atom. The monoisotopic (exact) mass is 226 g/mol. The zero-order valence-electron chi connectivity index (χ0n) is 11.6. The van der Waals surface area contributed by atoms with Gasteiger partial charge in [0.25, 0.3) is 0 Å². The lowest BCUT2D eigenvalue weighted by atomic mass is 9.84. The van der Waals surface area contributed by atoms with Crippen molar-refractivity contribution in [2.24, 2.45) is 11.1 Å². The third-order valence-corrected chi connectivity index (χ3v) is 4.34. The molecule has 1 atom stereocenters. The molecular formula is C14H30N2. The van der Waals surface area contributed by atoms with Crippen LogP contribution in [0.25, 0.3) is 0 Å². The molecule has 0 heterocycles. The lowest BCUT2D eigenvalue weighted by Crippen LogP contribution is -2.48. The van der Waals surface area contributed by atoms with Crippen molar-refractivity contribution >= 4 is 0 Å². The van der Waals surface area contributed by atoms with Gasteiger partial charge in [-0.25, -0.2) is 0 Å². The van der Waals surface area contributed by atoms with Crippen molar-refractivity contribution in [2.45, 2.75) is 71.9 Å². The summed E-state index contributed by atoms with van der Waals surface area (Å²) in [5.41, 5.74) is 6.31. The lowest BCUT2D eigenvalue weighted by molar-refractivity contribution is 0.0986. The maximum absolute atomic E-state index is 6.08. The fourth-order valence-corrected chi connectivity index (χ4v) is 2.61. The van der Waals surface area contributed by atoms with Gasteiger partial charge < -0.3 is 10.6 Å². The Hall–Kier alpha value is -0.0800. The minimum Gasteiger partial charge on any atom is -0.327 e. The largest absolute Gasteiger partial charge is 0.327 e. The molecule has 0 amide bonds. The Bertz CT molecular complexity index is 193. The topological polar surface area (TPSA) is 29.3 Å². The Labute approximate surface area is 102 Å². The summed E-state index contributed by atoms with van der Waals surface area (Å²) >= 11 is 0. The molecule has 1 saturated carbocycles. The summed E-state index contributed by atoms with van der Waals surface area (Å²) in [5.74, 6) is 0. The number of hydrogen-bond donors (Lipinski definition) is 1. The van der Waals surface area contributed by atoms with Crippen molar-refractivity contribution in [1.82, 2.24) is 4.90 Å². The van der Waals surface area contributed by atoms with Crippen LogP contribution in [-0.4, -0.2) is 30.1 Å². The molecule has 0 aromatic rings. The highest BCUT2D eigenvalue weighted by Crippen LogP contribution is 2.27. The van der Waals surface area contributed by atoms with Gasteiger partial charge in [-0.05, 0) is 31.7 Å². The molecule has 2 nitrogen and oxygen atoms in total. The number of nitrogens with zero attached hydrogens (tertiary/aromatic N) is 1. The second kappa shape index (κ2) is 6.02. The van der Waals surface area contributed by atoms with Crippen LogP contribution in [0.3, 0.4) is 0 Å². The maximum atomic E-state index is 6.08. The van der Waals surface area contributed by atoms with E-state index in [0.29, 0.717) is 0 Å². The Morgan fingerprint density at radius 1 is 1.25 bits per heavy atom. The molecule has 1 fully saturated rings. The lowest BCUT2D eigenvalue weighted by Gasteiger charge is -2.40. The first-order valence-corrected chi connectivity index (χ1v) is 6.97. The summed E-state index contributed by atoms with van der Waals surface area (Å²) in [6.07, 6.45) is 7.05. The van der Waals surface area contributed by atoms with Crippen LogP contribution in [-0.2, 0) is 0 Å². The first-order chi connectivity index (χ1) is 7.47. The SMILES string of the molecule is CCN(CC(C)(C)C(C)N)C1CCCCC1. The molecule has 1 rings (SSSR count). The molecule has 1 aliphatic carbocycles. The third kappa shape index (κ3) is 3.74. The molecule has 0 radical (unpaired) electrons. The van der Waals surface area contributed by atoms with Crippen LogP contribution in [0.4, 0.5) is 0 Å². The third-order valence-electron chi connectivity index (χ3n) is 4.34. The highest BCUT2D eigenvalue weighted by molar-refractivity contribution is 4.85. The van der Waals surface area contributed by atoms with Gasteiger partial charge in [0, 0.05) is 18.6 Å². The van der Waals surface area contributed by atoms with Crippen molar-refractivity contribution in [1.29, 1.82) is 0 Å². The van der Waals surface area contributed by atoms with Crippen LogP contribution in [0.5, 0.6) is 0 Å². The van der Waals surface area contributed by atoms with E-state index < -0.39 is 0 Å². The zero-order chi connectivity index (χ0) is 12.2. The second-order valence-electron chi connectivity index (χ2n) is 6.13. The molecule has 0 aliphatic heterocycles. The number of hydrogen-bond acceptors (Lipinski definition) is 2. The molecule has 1 unspecified atom stereocenters. The van der Waals surface area contributed by atoms with Gasteiger partial charge in [-0.3, -0.25) is 0 Å². The fourth-order valence-electron chi connectivity index (χ4n) is 2.61. The predicted molar refractivity (Wildman–Crippen MR) is 71.6 cm³/mol. The molecule has 0 bridgehead atoms. The van der Waals surface area contributed by atoms with E-state index in [1.807, 2.05) is 0 Å². The van der Waals surface area contributed by atoms with Gasteiger partial charge in [0.2, 0.25) is 0 Å². The summed E-state index contributed by atoms with van der Waals surface area (Å²) < 4.78 is 0. The second-order valence-corrected chi connectivity index (χ2v) is 6.13. The summed E-state index contributed by atoms with van der Waals surface area (Å²) in [6.45, 7) is 11.3. The van der Waals surface area contributed by atoms with E-state index >= 15 is 0 Å². The Kier molecular flexibility index (Phi) is 5.26. The van der Waals surface area contributed by atoms with Crippen molar-refractivity contribution < 1.29 is 0 Å². The Morgan fingerprint density at radius 3 is 2.25 bits per heavy atom. The quantitative estimate of drug-likeness (QED) is 0.781. The van der Waals surface area contributed by atoms with E-state index in [9.17, 15) is 0 Å². The van der Waals surface area contributed by atoms with E-state index in [1.54, 1.807) is 0 Å². The van der Waals surface area contributed by atoms with Gasteiger partial charge in [0.15, 0.2) is 0 Å². The normalized spacial score (nSPS) is 21.4. The van der Waals surface area contributed by atoms with Gasteiger partial charge in [0.05, 0.1) is 0 Å². The molecule has 96 valence electrons. The zero-order valence-corrected chi connectivity index (χ0v) is 11.6. The Balaban J connectivity index is 2.53. The van der Waals surface area contributed by atoms with Crippen molar-refractivity contribution in [3.8, 4) is 0 Å². The molecule has 2 N–H and O–H groups in total. The smallest absolute Gasteiger partial charge is 0.00953 e. The van der Waals surface area contributed by atoms with E-state index in [1.165, 1.54) is 38.6 Å². The number of nitrogens with two attached hydrogens (primary N) is 1. The van der Waals surface area contributed by atoms with Gasteiger partial charge in [-0.15, -0.1) is 0 Å². The highest BCUT2D eigenvalue weighted by Gasteiger charge is 2.29. The summed E-state index contributed by atoms with van der Waals surface area (Å²) in [6, 6.07) is 1.09. The molecule has 0 aromatic carbocycles. The molecule has 2 heteroatoms. The minimum absolute atomic E-state index is 0.230. The van der Waals surface area contributed by atoms with Crippen LogP contribution in [0.2, 0.25) is 0 Å². The highest BCUT2D eigenvalue weighted by atomic mass is 15.2. The first kappa shape index (κ1) is 14.0.